The minimum atomic E-state index is -0.982. The Bertz CT molecular complexity index is 554. The van der Waals surface area contributed by atoms with Gasteiger partial charge in [0.05, 0.1) is 0 Å². The van der Waals surface area contributed by atoms with E-state index in [2.05, 4.69) is 11.9 Å². The van der Waals surface area contributed by atoms with E-state index < -0.39 is 12.0 Å². The topological polar surface area (TPSA) is 69.6 Å². The lowest BCUT2D eigenvalue weighted by Gasteiger charge is -2.34. The van der Waals surface area contributed by atoms with E-state index in [9.17, 15) is 14.7 Å². The monoisotopic (exact) mass is 274 g/mol. The van der Waals surface area contributed by atoms with Crippen LogP contribution in [0.3, 0.4) is 0 Å². The smallest absolute Gasteiger partial charge is 0.326 e. The van der Waals surface area contributed by atoms with Crippen molar-refractivity contribution in [3.63, 3.8) is 0 Å². The highest BCUT2D eigenvalue weighted by Crippen LogP contribution is 2.23. The largest absolute Gasteiger partial charge is 0.480 e. The number of rotatable bonds is 3. The van der Waals surface area contributed by atoms with Crippen molar-refractivity contribution in [3.8, 4) is 0 Å². The number of fused-ring (bicyclic) bond motifs is 1. The molecule has 106 valence electrons. The number of nitrogens with zero attached hydrogens (tertiary/aromatic N) is 1. The van der Waals surface area contributed by atoms with Gasteiger partial charge in [0.2, 0.25) is 0 Å². The Labute approximate surface area is 117 Å². The number of aliphatic carboxylic acids is 1. The number of urea groups is 1. The summed E-state index contributed by atoms with van der Waals surface area (Å²) in [6.07, 6.45) is 0.339. The van der Waals surface area contributed by atoms with Crippen molar-refractivity contribution in [1.29, 1.82) is 0 Å². The molecule has 5 heteroatoms. The summed E-state index contributed by atoms with van der Waals surface area (Å²) in [6, 6.07) is 6.42. The van der Waals surface area contributed by atoms with Crippen LogP contribution < -0.4 is 5.32 Å². The second kappa shape index (κ2) is 5.77. The quantitative estimate of drug-likeness (QED) is 0.825. The maximum Gasteiger partial charge on any atom is 0.326 e. The molecule has 5 nitrogen and oxygen atoms in total. The van der Waals surface area contributed by atoms with Crippen molar-refractivity contribution in [1.82, 2.24) is 10.2 Å². The molecule has 2 N–H and O–H groups in total. The van der Waals surface area contributed by atoms with E-state index in [4.69, 9.17) is 0 Å². The van der Waals surface area contributed by atoms with Gasteiger partial charge in [0.1, 0.15) is 6.04 Å². The minimum Gasteiger partial charge on any atom is -0.480 e. The predicted octanol–water partition coefficient (Wildman–Crippen LogP) is 1.78. The molecule has 1 atom stereocenters. The normalized spacial score (nSPS) is 17.2. The van der Waals surface area contributed by atoms with Gasteiger partial charge in [0.15, 0.2) is 0 Å². The number of nitrogens with one attached hydrogen (secondary N) is 1. The lowest BCUT2D eigenvalue weighted by molar-refractivity contribution is -0.142. The van der Waals surface area contributed by atoms with Crippen LogP contribution >= 0.6 is 0 Å². The van der Waals surface area contributed by atoms with Crippen LogP contribution in [0.4, 0.5) is 4.79 Å². The maximum absolute atomic E-state index is 12.1. The number of carboxylic acid groups (broad SMARTS) is 1. The van der Waals surface area contributed by atoms with E-state index >= 15 is 0 Å². The number of hydrogen-bond donors (Lipinski definition) is 2. The molecule has 1 heterocycles. The van der Waals surface area contributed by atoms with Crippen molar-refractivity contribution in [3.05, 3.63) is 47.5 Å². The van der Waals surface area contributed by atoms with Gasteiger partial charge in [0, 0.05) is 19.5 Å². The first-order chi connectivity index (χ1) is 9.49. The molecule has 0 unspecified atom stereocenters. The van der Waals surface area contributed by atoms with Gasteiger partial charge in [-0.25, -0.2) is 9.59 Å². The Morgan fingerprint density at radius 3 is 2.65 bits per heavy atom. The van der Waals surface area contributed by atoms with Crippen molar-refractivity contribution < 1.29 is 14.7 Å². The van der Waals surface area contributed by atoms with Crippen LogP contribution in [0.1, 0.15) is 18.1 Å². The first-order valence-corrected chi connectivity index (χ1v) is 6.47. The van der Waals surface area contributed by atoms with Crippen molar-refractivity contribution in [2.24, 2.45) is 0 Å². The summed E-state index contributed by atoms with van der Waals surface area (Å²) in [7, 11) is 0. The first kappa shape index (κ1) is 14.1. The molecule has 0 spiro atoms. The Balaban J connectivity index is 2.20. The van der Waals surface area contributed by atoms with Crippen LogP contribution in [0, 0.1) is 0 Å². The molecular formula is C15H18N2O3. The highest BCUT2D eigenvalue weighted by molar-refractivity contribution is 5.83. The summed E-state index contributed by atoms with van der Waals surface area (Å²) >= 11 is 0. The molecule has 0 bridgehead atoms. The molecule has 1 aromatic rings. The molecule has 0 aliphatic carbocycles. The van der Waals surface area contributed by atoms with Crippen LogP contribution in [0.2, 0.25) is 0 Å². The molecule has 1 aliphatic heterocycles. The second-order valence-electron chi connectivity index (χ2n) is 5.07. The van der Waals surface area contributed by atoms with E-state index in [0.29, 0.717) is 19.5 Å². The average molecular weight is 274 g/mol. The molecular weight excluding hydrogens is 256 g/mol. The third-order valence-electron chi connectivity index (χ3n) is 3.34. The van der Waals surface area contributed by atoms with E-state index in [-0.39, 0.29) is 6.03 Å². The fraction of sp³-hybridized carbons (Fsp3) is 0.333. The SMILES string of the molecule is C=C(C)CNC(=O)N1Cc2ccccc2C[C@H]1C(=O)O. The lowest BCUT2D eigenvalue weighted by Crippen LogP contribution is -2.52. The number of carboxylic acids is 1. The lowest BCUT2D eigenvalue weighted by atomic mass is 9.94. The molecule has 2 amide bonds. The van der Waals surface area contributed by atoms with Gasteiger partial charge < -0.3 is 15.3 Å². The summed E-state index contributed by atoms with van der Waals surface area (Å²) in [6.45, 7) is 6.18. The highest BCUT2D eigenvalue weighted by Gasteiger charge is 2.34. The number of benzene rings is 1. The molecule has 0 fully saturated rings. The summed E-state index contributed by atoms with van der Waals surface area (Å²) in [5, 5.41) is 12.0. The molecule has 0 radical (unpaired) electrons. The first-order valence-electron chi connectivity index (χ1n) is 6.47. The number of carbonyl (C=O) groups is 2. The molecule has 1 aromatic carbocycles. The molecule has 0 saturated carbocycles. The summed E-state index contributed by atoms with van der Waals surface area (Å²) in [5.74, 6) is -0.982. The van der Waals surface area contributed by atoms with Crippen molar-refractivity contribution in [2.45, 2.75) is 25.9 Å². The van der Waals surface area contributed by atoms with Crippen LogP contribution in [-0.4, -0.2) is 34.6 Å². The van der Waals surface area contributed by atoms with Gasteiger partial charge in [-0.05, 0) is 18.1 Å². The van der Waals surface area contributed by atoms with E-state index in [0.717, 1.165) is 16.7 Å². The summed E-state index contributed by atoms with van der Waals surface area (Å²) in [4.78, 5) is 24.9. The van der Waals surface area contributed by atoms with E-state index in [1.165, 1.54) is 4.90 Å². The van der Waals surface area contributed by atoms with Gasteiger partial charge in [-0.15, -0.1) is 0 Å². The fourth-order valence-corrected chi connectivity index (χ4v) is 2.29. The zero-order valence-electron chi connectivity index (χ0n) is 11.4. The van der Waals surface area contributed by atoms with Crippen molar-refractivity contribution >= 4 is 12.0 Å². The van der Waals surface area contributed by atoms with Gasteiger partial charge in [0.25, 0.3) is 0 Å². The van der Waals surface area contributed by atoms with Crippen molar-refractivity contribution in [2.75, 3.05) is 6.54 Å². The van der Waals surface area contributed by atoms with Crippen LogP contribution in [-0.2, 0) is 17.8 Å². The Morgan fingerprint density at radius 2 is 2.05 bits per heavy atom. The van der Waals surface area contributed by atoms with Crippen LogP contribution in [0.25, 0.3) is 0 Å². The summed E-state index contributed by atoms with van der Waals surface area (Å²) in [5.41, 5.74) is 2.81. The third-order valence-corrected chi connectivity index (χ3v) is 3.34. The molecule has 0 saturated heterocycles. The predicted molar refractivity (Wildman–Crippen MR) is 75.3 cm³/mol. The molecule has 1 aliphatic rings. The standard InChI is InChI=1S/C15H18N2O3/c1-10(2)8-16-15(20)17-9-12-6-4-3-5-11(12)7-13(17)14(18)19/h3-6,13H,1,7-9H2,2H3,(H,16,20)(H,18,19)/t13-/m0/s1. The zero-order valence-corrected chi connectivity index (χ0v) is 11.4. The van der Waals surface area contributed by atoms with Crippen LogP contribution in [0.5, 0.6) is 0 Å². The van der Waals surface area contributed by atoms with E-state index in [1.54, 1.807) is 6.92 Å². The average Bonchev–Trinajstić information content (AvgIpc) is 2.43. The van der Waals surface area contributed by atoms with Gasteiger partial charge in [-0.2, -0.15) is 0 Å². The fourth-order valence-electron chi connectivity index (χ4n) is 2.29. The van der Waals surface area contributed by atoms with Gasteiger partial charge in [-0.3, -0.25) is 0 Å². The number of carbonyl (C=O) groups excluding carboxylic acids is 1. The molecule has 2 rings (SSSR count). The molecule has 0 aromatic heterocycles. The zero-order chi connectivity index (χ0) is 14.7. The van der Waals surface area contributed by atoms with Gasteiger partial charge in [-0.1, -0.05) is 36.4 Å². The number of hydrogen-bond acceptors (Lipinski definition) is 2. The Kier molecular flexibility index (Phi) is 4.08. The number of amides is 2. The molecule has 20 heavy (non-hydrogen) atoms. The minimum absolute atomic E-state index is 0.315. The van der Waals surface area contributed by atoms with E-state index in [1.807, 2.05) is 24.3 Å². The Hall–Kier alpha value is -2.30. The second-order valence-corrected chi connectivity index (χ2v) is 5.07. The summed E-state index contributed by atoms with van der Waals surface area (Å²) < 4.78 is 0. The highest BCUT2D eigenvalue weighted by atomic mass is 16.4. The third kappa shape index (κ3) is 2.99. The Morgan fingerprint density at radius 1 is 1.40 bits per heavy atom. The van der Waals surface area contributed by atoms with Gasteiger partial charge >= 0.3 is 12.0 Å². The maximum atomic E-state index is 12.1. The van der Waals surface area contributed by atoms with Crippen LogP contribution in [0.15, 0.2) is 36.4 Å².